The molecule has 0 atom stereocenters. The van der Waals surface area contributed by atoms with Crippen LogP contribution in [0.25, 0.3) is 26.9 Å². The normalized spacial score (nSPS) is 11.8. The van der Waals surface area contributed by atoms with Gasteiger partial charge in [0.1, 0.15) is 5.01 Å². The zero-order valence-electron chi connectivity index (χ0n) is 14.8. The molecule has 0 spiro atoms. The van der Waals surface area contributed by atoms with Crippen LogP contribution in [0, 0.1) is 6.92 Å². The van der Waals surface area contributed by atoms with E-state index in [0.29, 0.717) is 0 Å². The molecule has 0 amide bonds. The van der Waals surface area contributed by atoms with Crippen LogP contribution in [0.5, 0.6) is 0 Å². The van der Waals surface area contributed by atoms with E-state index >= 15 is 0 Å². The first kappa shape index (κ1) is 17.8. The molecule has 3 aromatic carbocycles. The van der Waals surface area contributed by atoms with Gasteiger partial charge < -0.3 is 0 Å². The van der Waals surface area contributed by atoms with E-state index in [1.807, 2.05) is 42.6 Å². The predicted octanol–water partition coefficient (Wildman–Crippen LogP) is 7.45. The highest BCUT2D eigenvalue weighted by molar-refractivity contribution is 9.10. The number of halogens is 1. The first-order chi connectivity index (χ1) is 13.2. The van der Waals surface area contributed by atoms with E-state index in [1.165, 1.54) is 10.3 Å². The third kappa shape index (κ3) is 4.41. The second kappa shape index (κ2) is 7.99. The molecule has 0 aliphatic rings. The summed E-state index contributed by atoms with van der Waals surface area (Å²) in [6.07, 6.45) is 5.80. The van der Waals surface area contributed by atoms with Crippen LogP contribution in [-0.2, 0) is 0 Å². The zero-order chi connectivity index (χ0) is 18.6. The summed E-state index contributed by atoms with van der Waals surface area (Å²) in [6.45, 7) is 2.11. The number of thiazole rings is 1. The lowest BCUT2D eigenvalue weighted by molar-refractivity contribution is 1.45. The fourth-order valence-electron chi connectivity index (χ4n) is 2.70. The smallest absolute Gasteiger partial charge is 0.124 e. The molecule has 1 aromatic heterocycles. The maximum Gasteiger partial charge on any atom is 0.124 e. The summed E-state index contributed by atoms with van der Waals surface area (Å²) < 4.78 is 2.31. The van der Waals surface area contributed by atoms with Crippen LogP contribution in [0.1, 0.15) is 11.1 Å². The summed E-state index contributed by atoms with van der Waals surface area (Å²) in [5.41, 5.74) is 5.51. The topological polar surface area (TPSA) is 25.2 Å². The average molecular weight is 433 g/mol. The van der Waals surface area contributed by atoms with Gasteiger partial charge in [0.15, 0.2) is 0 Å². The van der Waals surface area contributed by atoms with Crippen molar-refractivity contribution < 1.29 is 0 Å². The van der Waals surface area contributed by atoms with Crippen LogP contribution in [0.4, 0.5) is 5.69 Å². The SMILES string of the molecule is Cc1ccc2nc(-c3ccc(N=CC=Cc4ccc(Br)cc4)cc3)sc2c1. The molecule has 4 heteroatoms. The number of aliphatic imine (C=N–C) groups is 1. The highest BCUT2D eigenvalue weighted by atomic mass is 79.9. The van der Waals surface area contributed by atoms with Crippen molar-refractivity contribution in [3.05, 3.63) is 88.4 Å². The number of hydrogen-bond donors (Lipinski definition) is 0. The molecule has 2 nitrogen and oxygen atoms in total. The molecule has 0 N–H and O–H groups in total. The fourth-order valence-corrected chi connectivity index (χ4v) is 4.04. The van der Waals surface area contributed by atoms with Gasteiger partial charge in [0.2, 0.25) is 0 Å². The van der Waals surface area contributed by atoms with Gasteiger partial charge in [-0.05, 0) is 72.7 Å². The second-order valence-corrected chi connectivity index (χ2v) is 8.17. The van der Waals surface area contributed by atoms with Crippen LogP contribution in [-0.4, -0.2) is 11.2 Å². The Labute approximate surface area is 171 Å². The van der Waals surface area contributed by atoms with E-state index in [2.05, 4.69) is 70.3 Å². The Morgan fingerprint density at radius 2 is 1.74 bits per heavy atom. The number of aromatic nitrogens is 1. The van der Waals surface area contributed by atoms with Gasteiger partial charge in [-0.1, -0.05) is 40.2 Å². The molecule has 0 unspecified atom stereocenters. The molecule has 0 bridgehead atoms. The van der Waals surface area contributed by atoms with E-state index in [-0.39, 0.29) is 0 Å². The maximum absolute atomic E-state index is 4.73. The van der Waals surface area contributed by atoms with Crippen LogP contribution in [0.15, 0.2) is 82.3 Å². The third-order valence-corrected chi connectivity index (χ3v) is 5.72. The van der Waals surface area contributed by atoms with Gasteiger partial charge in [-0.15, -0.1) is 11.3 Å². The highest BCUT2D eigenvalue weighted by Gasteiger charge is 2.06. The van der Waals surface area contributed by atoms with E-state index in [9.17, 15) is 0 Å². The molecule has 0 saturated heterocycles. The Morgan fingerprint density at radius 3 is 2.52 bits per heavy atom. The van der Waals surface area contributed by atoms with Crippen molar-refractivity contribution in [2.45, 2.75) is 6.92 Å². The van der Waals surface area contributed by atoms with Crippen molar-refractivity contribution in [1.29, 1.82) is 0 Å². The average Bonchev–Trinajstić information content (AvgIpc) is 3.10. The van der Waals surface area contributed by atoms with Gasteiger partial charge in [0.05, 0.1) is 15.9 Å². The first-order valence-corrected chi connectivity index (χ1v) is 10.2. The Kier molecular flexibility index (Phi) is 5.28. The largest absolute Gasteiger partial charge is 0.257 e. The van der Waals surface area contributed by atoms with E-state index in [0.717, 1.165) is 31.8 Å². The molecule has 0 saturated carbocycles. The lowest BCUT2D eigenvalue weighted by Gasteiger charge is -1.97. The first-order valence-electron chi connectivity index (χ1n) is 8.61. The third-order valence-electron chi connectivity index (χ3n) is 4.13. The lowest BCUT2D eigenvalue weighted by atomic mass is 10.2. The number of rotatable bonds is 4. The maximum atomic E-state index is 4.73. The van der Waals surface area contributed by atoms with Crippen molar-refractivity contribution in [3.63, 3.8) is 0 Å². The van der Waals surface area contributed by atoms with Gasteiger partial charge in [0, 0.05) is 16.3 Å². The number of hydrogen-bond acceptors (Lipinski definition) is 3. The lowest BCUT2D eigenvalue weighted by Crippen LogP contribution is -1.76. The van der Waals surface area contributed by atoms with Crippen molar-refractivity contribution in [2.75, 3.05) is 0 Å². The monoisotopic (exact) mass is 432 g/mol. The number of fused-ring (bicyclic) bond motifs is 1. The van der Waals surface area contributed by atoms with Crippen molar-refractivity contribution >= 4 is 55.5 Å². The van der Waals surface area contributed by atoms with E-state index in [4.69, 9.17) is 4.98 Å². The molecule has 4 rings (SSSR count). The molecule has 27 heavy (non-hydrogen) atoms. The van der Waals surface area contributed by atoms with Crippen LogP contribution < -0.4 is 0 Å². The molecule has 4 aromatic rings. The molecule has 0 aliphatic heterocycles. The standard InChI is InChI=1S/C23H17BrN2S/c1-16-4-13-21-22(15-16)27-23(26-21)18-7-11-20(12-8-18)25-14-2-3-17-5-9-19(24)10-6-17/h2-15H,1H3. The van der Waals surface area contributed by atoms with Crippen LogP contribution in [0.2, 0.25) is 0 Å². The molecule has 132 valence electrons. The summed E-state index contributed by atoms with van der Waals surface area (Å²) in [7, 11) is 0. The molecule has 0 radical (unpaired) electrons. The van der Waals surface area contributed by atoms with Crippen molar-refractivity contribution in [1.82, 2.24) is 4.98 Å². The summed E-state index contributed by atoms with van der Waals surface area (Å²) in [6, 6.07) is 22.8. The number of benzene rings is 3. The summed E-state index contributed by atoms with van der Waals surface area (Å²) in [5, 5.41) is 1.04. The van der Waals surface area contributed by atoms with Crippen molar-refractivity contribution in [2.24, 2.45) is 4.99 Å². The Bertz CT molecular complexity index is 1120. The molecule has 0 fully saturated rings. The number of allylic oxidation sites excluding steroid dienone is 1. The summed E-state index contributed by atoms with van der Waals surface area (Å²) >= 11 is 5.17. The number of nitrogens with zero attached hydrogens (tertiary/aromatic N) is 2. The predicted molar refractivity (Wildman–Crippen MR) is 121 cm³/mol. The quantitative estimate of drug-likeness (QED) is 0.307. The van der Waals surface area contributed by atoms with Gasteiger partial charge in [-0.2, -0.15) is 0 Å². The van der Waals surface area contributed by atoms with Crippen molar-refractivity contribution in [3.8, 4) is 10.6 Å². The number of aryl methyl sites for hydroxylation is 1. The Hall–Kier alpha value is -2.56. The summed E-state index contributed by atoms with van der Waals surface area (Å²) in [5.74, 6) is 0. The Balaban J connectivity index is 1.47. The summed E-state index contributed by atoms with van der Waals surface area (Å²) in [4.78, 5) is 9.22. The van der Waals surface area contributed by atoms with Crippen LogP contribution >= 0.6 is 27.3 Å². The van der Waals surface area contributed by atoms with Gasteiger partial charge in [-0.25, -0.2) is 4.98 Å². The van der Waals surface area contributed by atoms with Gasteiger partial charge in [-0.3, -0.25) is 4.99 Å². The minimum Gasteiger partial charge on any atom is -0.257 e. The molecule has 0 aliphatic carbocycles. The van der Waals surface area contributed by atoms with Gasteiger partial charge >= 0.3 is 0 Å². The molecular formula is C23H17BrN2S. The molecular weight excluding hydrogens is 416 g/mol. The minimum atomic E-state index is 0.927. The minimum absolute atomic E-state index is 0.927. The van der Waals surface area contributed by atoms with E-state index < -0.39 is 0 Å². The highest BCUT2D eigenvalue weighted by Crippen LogP contribution is 2.31. The zero-order valence-corrected chi connectivity index (χ0v) is 17.2. The second-order valence-electron chi connectivity index (χ2n) is 6.23. The fraction of sp³-hybridized carbons (Fsp3) is 0.0435. The Morgan fingerprint density at radius 1 is 0.963 bits per heavy atom. The molecule has 1 heterocycles. The van der Waals surface area contributed by atoms with Gasteiger partial charge in [0.25, 0.3) is 0 Å². The van der Waals surface area contributed by atoms with Crippen LogP contribution in [0.3, 0.4) is 0 Å². The van der Waals surface area contributed by atoms with E-state index in [1.54, 1.807) is 11.3 Å².